The number of carbonyl (C=O) groups excluding carboxylic acids is 1. The fraction of sp³-hybridized carbons (Fsp3) is 0.632. The van der Waals surface area contributed by atoms with Gasteiger partial charge >= 0.3 is 0 Å². The highest BCUT2D eigenvalue weighted by atomic mass is 16.2. The molecule has 22 heavy (non-hydrogen) atoms. The highest BCUT2D eigenvalue weighted by Gasteiger charge is 2.58. The van der Waals surface area contributed by atoms with Crippen molar-refractivity contribution in [2.75, 3.05) is 20.1 Å². The largest absolute Gasteiger partial charge is 0.342 e. The second-order valence-electron chi connectivity index (χ2n) is 7.36. The number of hydrogen-bond donors (Lipinski definition) is 1. The van der Waals surface area contributed by atoms with Crippen LogP contribution in [0.25, 0.3) is 0 Å². The number of hydrogen-bond acceptors (Lipinski definition) is 2. The topological polar surface area (TPSA) is 32.3 Å². The Hall–Kier alpha value is -1.35. The minimum atomic E-state index is 0.259. The summed E-state index contributed by atoms with van der Waals surface area (Å²) in [6.45, 7) is 6.42. The predicted octanol–water partition coefficient (Wildman–Crippen LogP) is 2.77. The average Bonchev–Trinajstić information content (AvgIpc) is 3.21. The molecular weight excluding hydrogens is 272 g/mol. The Labute approximate surface area is 134 Å². The van der Waals surface area contributed by atoms with E-state index in [9.17, 15) is 4.79 Å². The Morgan fingerprint density at radius 1 is 1.32 bits per heavy atom. The molecule has 1 heterocycles. The molecule has 1 aliphatic heterocycles. The van der Waals surface area contributed by atoms with Gasteiger partial charge in [-0.3, -0.25) is 4.79 Å². The molecule has 1 saturated heterocycles. The molecule has 3 rings (SSSR count). The molecule has 1 spiro atoms. The number of carbonyl (C=O) groups is 1. The Kier molecular flexibility index (Phi) is 4.26. The fourth-order valence-electron chi connectivity index (χ4n) is 3.84. The SMILES string of the molecule is Cc1ccc(CC(C)N(C)C(=O)C2CC23CCNCC3)cc1. The van der Waals surface area contributed by atoms with Crippen molar-refractivity contribution in [1.29, 1.82) is 0 Å². The summed E-state index contributed by atoms with van der Waals surface area (Å²) in [5, 5.41) is 3.40. The first-order valence-corrected chi connectivity index (χ1v) is 8.55. The molecule has 0 radical (unpaired) electrons. The molecule has 1 amide bonds. The Balaban J connectivity index is 1.57. The van der Waals surface area contributed by atoms with Crippen molar-refractivity contribution >= 4 is 5.91 Å². The molecule has 3 nitrogen and oxygen atoms in total. The molecule has 120 valence electrons. The molecule has 2 aliphatic rings. The quantitative estimate of drug-likeness (QED) is 0.927. The third kappa shape index (κ3) is 3.05. The van der Waals surface area contributed by atoms with Gasteiger partial charge in [0.2, 0.25) is 5.91 Å². The number of likely N-dealkylation sites (N-methyl/N-ethyl adjacent to an activating group) is 1. The van der Waals surface area contributed by atoms with Gasteiger partial charge in [-0.15, -0.1) is 0 Å². The van der Waals surface area contributed by atoms with Crippen LogP contribution >= 0.6 is 0 Å². The second-order valence-corrected chi connectivity index (χ2v) is 7.36. The molecule has 1 aromatic rings. The van der Waals surface area contributed by atoms with Crippen LogP contribution in [0.2, 0.25) is 0 Å². The van der Waals surface area contributed by atoms with Gasteiger partial charge in [0.25, 0.3) is 0 Å². The number of rotatable bonds is 4. The highest BCUT2D eigenvalue weighted by Crippen LogP contribution is 2.59. The van der Waals surface area contributed by atoms with Crippen LogP contribution in [0.5, 0.6) is 0 Å². The summed E-state index contributed by atoms with van der Waals surface area (Å²) in [6.07, 6.45) is 4.38. The van der Waals surface area contributed by atoms with Gasteiger partial charge in [0.15, 0.2) is 0 Å². The Morgan fingerprint density at radius 2 is 1.95 bits per heavy atom. The minimum absolute atomic E-state index is 0.259. The van der Waals surface area contributed by atoms with Crippen LogP contribution in [-0.4, -0.2) is 37.0 Å². The summed E-state index contributed by atoms with van der Waals surface area (Å²) in [6, 6.07) is 8.91. The lowest BCUT2D eigenvalue weighted by molar-refractivity contribution is -0.134. The zero-order valence-corrected chi connectivity index (χ0v) is 14.1. The van der Waals surface area contributed by atoms with Crippen molar-refractivity contribution in [3.63, 3.8) is 0 Å². The van der Waals surface area contributed by atoms with Gasteiger partial charge in [-0.1, -0.05) is 29.8 Å². The molecule has 2 fully saturated rings. The first-order valence-electron chi connectivity index (χ1n) is 8.55. The van der Waals surface area contributed by atoms with Crippen LogP contribution in [0.4, 0.5) is 0 Å². The van der Waals surface area contributed by atoms with E-state index in [2.05, 4.69) is 43.4 Å². The summed E-state index contributed by atoms with van der Waals surface area (Å²) in [7, 11) is 1.98. The van der Waals surface area contributed by atoms with Crippen molar-refractivity contribution in [1.82, 2.24) is 10.2 Å². The van der Waals surface area contributed by atoms with E-state index in [0.717, 1.165) is 25.9 Å². The lowest BCUT2D eigenvalue weighted by Gasteiger charge is -2.28. The zero-order valence-electron chi connectivity index (χ0n) is 14.1. The molecule has 2 atom stereocenters. The van der Waals surface area contributed by atoms with Gasteiger partial charge in [-0.2, -0.15) is 0 Å². The molecular formula is C19H28N2O. The van der Waals surface area contributed by atoms with Gasteiger partial charge < -0.3 is 10.2 Å². The molecule has 2 unspecified atom stereocenters. The van der Waals surface area contributed by atoms with E-state index in [4.69, 9.17) is 0 Å². The van der Waals surface area contributed by atoms with Crippen molar-refractivity contribution < 1.29 is 4.79 Å². The van der Waals surface area contributed by atoms with Gasteiger partial charge in [0, 0.05) is 19.0 Å². The van der Waals surface area contributed by atoms with Gasteiger partial charge in [-0.25, -0.2) is 0 Å². The normalized spacial score (nSPS) is 24.0. The van der Waals surface area contributed by atoms with Crippen LogP contribution in [-0.2, 0) is 11.2 Å². The Bertz CT molecular complexity index is 531. The standard InChI is InChI=1S/C19H28N2O/c1-14-4-6-16(7-5-14)12-15(2)21(3)18(22)17-13-19(17)8-10-20-11-9-19/h4-7,15,17,20H,8-13H2,1-3H3. The van der Waals surface area contributed by atoms with E-state index in [0.29, 0.717) is 11.3 Å². The second kappa shape index (κ2) is 6.04. The van der Waals surface area contributed by atoms with E-state index in [1.807, 2.05) is 11.9 Å². The zero-order chi connectivity index (χ0) is 15.7. The van der Waals surface area contributed by atoms with E-state index >= 15 is 0 Å². The summed E-state index contributed by atoms with van der Waals surface area (Å²) in [5.74, 6) is 0.640. The number of aryl methyl sites for hydroxylation is 1. The molecule has 0 bridgehead atoms. The summed E-state index contributed by atoms with van der Waals surface area (Å²) < 4.78 is 0. The van der Waals surface area contributed by atoms with E-state index in [1.54, 1.807) is 0 Å². The highest BCUT2D eigenvalue weighted by molar-refractivity contribution is 5.82. The predicted molar refractivity (Wildman–Crippen MR) is 89.8 cm³/mol. The van der Waals surface area contributed by atoms with Crippen LogP contribution in [0.15, 0.2) is 24.3 Å². The third-order valence-electron chi connectivity index (χ3n) is 5.75. The number of piperidine rings is 1. The summed E-state index contributed by atoms with van der Waals surface area (Å²) >= 11 is 0. The maximum absolute atomic E-state index is 12.8. The molecule has 1 aliphatic carbocycles. The van der Waals surface area contributed by atoms with E-state index in [-0.39, 0.29) is 12.0 Å². The van der Waals surface area contributed by atoms with Gasteiger partial charge in [0.1, 0.15) is 0 Å². The van der Waals surface area contributed by atoms with Gasteiger partial charge in [-0.05, 0) is 63.6 Å². The van der Waals surface area contributed by atoms with Crippen LogP contribution < -0.4 is 5.32 Å². The fourth-order valence-corrected chi connectivity index (χ4v) is 3.84. The van der Waals surface area contributed by atoms with E-state index < -0.39 is 0 Å². The monoisotopic (exact) mass is 300 g/mol. The first-order chi connectivity index (χ1) is 10.5. The van der Waals surface area contributed by atoms with Crippen molar-refractivity contribution in [3.8, 4) is 0 Å². The smallest absolute Gasteiger partial charge is 0.226 e. The third-order valence-corrected chi connectivity index (χ3v) is 5.75. The maximum Gasteiger partial charge on any atom is 0.226 e. The van der Waals surface area contributed by atoms with Crippen LogP contribution in [0.3, 0.4) is 0 Å². The molecule has 1 saturated carbocycles. The number of nitrogens with zero attached hydrogens (tertiary/aromatic N) is 1. The number of amides is 1. The summed E-state index contributed by atoms with van der Waals surface area (Å²) in [4.78, 5) is 14.8. The Morgan fingerprint density at radius 3 is 2.59 bits per heavy atom. The number of nitrogens with one attached hydrogen (secondary N) is 1. The summed E-state index contributed by atoms with van der Waals surface area (Å²) in [5.41, 5.74) is 2.93. The van der Waals surface area contributed by atoms with Crippen LogP contribution in [0, 0.1) is 18.3 Å². The molecule has 1 aromatic carbocycles. The molecule has 0 aromatic heterocycles. The lowest BCUT2D eigenvalue weighted by Crippen LogP contribution is -2.39. The van der Waals surface area contributed by atoms with Gasteiger partial charge in [0.05, 0.1) is 0 Å². The average molecular weight is 300 g/mol. The first kappa shape index (κ1) is 15.5. The van der Waals surface area contributed by atoms with Crippen molar-refractivity contribution in [3.05, 3.63) is 35.4 Å². The molecule has 3 heteroatoms. The maximum atomic E-state index is 12.8. The van der Waals surface area contributed by atoms with E-state index in [1.165, 1.54) is 24.0 Å². The number of benzene rings is 1. The van der Waals surface area contributed by atoms with Crippen molar-refractivity contribution in [2.45, 2.75) is 45.6 Å². The lowest BCUT2D eigenvalue weighted by atomic mass is 9.91. The minimum Gasteiger partial charge on any atom is -0.342 e. The van der Waals surface area contributed by atoms with Crippen molar-refractivity contribution in [2.24, 2.45) is 11.3 Å². The molecule has 1 N–H and O–H groups in total. The van der Waals surface area contributed by atoms with Crippen LogP contribution in [0.1, 0.15) is 37.3 Å².